The van der Waals surface area contributed by atoms with E-state index in [2.05, 4.69) is 4.72 Å². The Morgan fingerprint density at radius 3 is 2.38 bits per heavy atom. The minimum atomic E-state index is -3.83. The van der Waals surface area contributed by atoms with E-state index >= 15 is 0 Å². The number of carboxylic acid groups (broad SMARTS) is 1. The molecule has 0 aliphatic carbocycles. The number of benzene rings is 2. The second-order valence-electron chi connectivity index (χ2n) is 5.18. The number of nitrogens with one attached hydrogen (secondary N) is 1. The number of hydrogen-bond acceptors (Lipinski definition) is 3. The molecule has 0 unspecified atom stereocenters. The maximum Gasteiger partial charge on any atom is 0.337 e. The zero-order chi connectivity index (χ0) is 17.9. The van der Waals surface area contributed by atoms with E-state index in [0.29, 0.717) is 17.0 Å². The molecule has 0 aromatic heterocycles. The molecule has 2 aromatic carbocycles. The summed E-state index contributed by atoms with van der Waals surface area (Å²) >= 11 is 11.7. The third kappa shape index (κ3) is 4.48. The first-order valence-corrected chi connectivity index (χ1v) is 9.22. The van der Waals surface area contributed by atoms with Crippen molar-refractivity contribution in [1.29, 1.82) is 0 Å². The van der Waals surface area contributed by atoms with Gasteiger partial charge in [0.25, 0.3) is 0 Å². The van der Waals surface area contributed by atoms with Gasteiger partial charge < -0.3 is 5.11 Å². The first-order chi connectivity index (χ1) is 11.2. The molecule has 0 saturated carbocycles. The molecule has 8 heteroatoms. The molecule has 0 saturated heterocycles. The smallest absolute Gasteiger partial charge is 0.337 e. The Kier molecular flexibility index (Phi) is 5.87. The number of carbonyl (C=O) groups is 1. The summed E-state index contributed by atoms with van der Waals surface area (Å²) in [6.07, 6.45) is 0.481. The van der Waals surface area contributed by atoms with Crippen LogP contribution in [0.25, 0.3) is 0 Å². The average Bonchev–Trinajstić information content (AvgIpc) is 2.51. The lowest BCUT2D eigenvalue weighted by molar-refractivity contribution is 0.0696. The standard InChI is InChI=1S/C16H15Cl2NO4S/c1-10-8-13(9-14(15(10)18)16(20)21)24(22,23)19-7-6-11-2-4-12(17)5-3-11/h2-5,8-9,19H,6-7H2,1H3,(H,20,21). The maximum atomic E-state index is 12.3. The lowest BCUT2D eigenvalue weighted by Gasteiger charge is -2.10. The van der Waals surface area contributed by atoms with Crippen LogP contribution in [0, 0.1) is 6.92 Å². The van der Waals surface area contributed by atoms with Crippen LogP contribution in [0.4, 0.5) is 0 Å². The summed E-state index contributed by atoms with van der Waals surface area (Å²) in [7, 11) is -3.83. The van der Waals surface area contributed by atoms with Crippen LogP contribution in [-0.2, 0) is 16.4 Å². The van der Waals surface area contributed by atoms with Gasteiger partial charge in [-0.25, -0.2) is 17.9 Å². The van der Waals surface area contributed by atoms with Gasteiger partial charge in [-0.05, 0) is 48.7 Å². The molecule has 2 aromatic rings. The van der Waals surface area contributed by atoms with E-state index in [9.17, 15) is 13.2 Å². The molecule has 0 aliphatic rings. The molecule has 24 heavy (non-hydrogen) atoms. The SMILES string of the molecule is Cc1cc(S(=O)(=O)NCCc2ccc(Cl)cc2)cc(C(=O)O)c1Cl. The molecule has 0 fully saturated rings. The largest absolute Gasteiger partial charge is 0.478 e. The summed E-state index contributed by atoms with van der Waals surface area (Å²) in [6, 6.07) is 9.49. The minimum absolute atomic E-state index is 0.0302. The number of aryl methyl sites for hydroxylation is 1. The Balaban J connectivity index is 2.15. The monoisotopic (exact) mass is 387 g/mol. The Morgan fingerprint density at radius 1 is 1.17 bits per heavy atom. The Morgan fingerprint density at radius 2 is 1.79 bits per heavy atom. The second-order valence-corrected chi connectivity index (χ2v) is 7.76. The molecule has 5 nitrogen and oxygen atoms in total. The predicted octanol–water partition coefficient (Wildman–Crippen LogP) is 3.52. The van der Waals surface area contributed by atoms with E-state index in [4.69, 9.17) is 28.3 Å². The van der Waals surface area contributed by atoms with E-state index in [0.717, 1.165) is 11.6 Å². The van der Waals surface area contributed by atoms with E-state index in [1.54, 1.807) is 19.1 Å². The summed E-state index contributed by atoms with van der Waals surface area (Å²) < 4.78 is 27.1. The Labute approximate surface area is 150 Å². The number of carboxylic acids is 1. The predicted molar refractivity (Wildman–Crippen MR) is 93.5 cm³/mol. The molecule has 0 amide bonds. The minimum Gasteiger partial charge on any atom is -0.478 e. The third-order valence-corrected chi connectivity index (χ3v) is 5.58. The molecule has 0 atom stereocenters. The number of sulfonamides is 1. The van der Waals surface area contributed by atoms with Gasteiger partial charge in [-0.1, -0.05) is 35.3 Å². The second kappa shape index (κ2) is 7.53. The van der Waals surface area contributed by atoms with Crippen LogP contribution in [0.15, 0.2) is 41.3 Å². The highest BCUT2D eigenvalue weighted by atomic mass is 35.5. The maximum absolute atomic E-state index is 12.3. The Hall–Kier alpha value is -1.60. The van der Waals surface area contributed by atoms with Crippen LogP contribution in [0.1, 0.15) is 21.5 Å². The fraction of sp³-hybridized carbons (Fsp3) is 0.188. The molecule has 0 bridgehead atoms. The van der Waals surface area contributed by atoms with Crippen LogP contribution in [0.3, 0.4) is 0 Å². The van der Waals surface area contributed by atoms with Crippen molar-refractivity contribution in [1.82, 2.24) is 4.72 Å². The lowest BCUT2D eigenvalue weighted by atomic mass is 10.1. The topological polar surface area (TPSA) is 83.5 Å². The Bertz CT molecular complexity index is 864. The number of hydrogen-bond donors (Lipinski definition) is 2. The summed E-state index contributed by atoms with van der Waals surface area (Å²) in [6.45, 7) is 1.73. The zero-order valence-corrected chi connectivity index (χ0v) is 15.0. The van der Waals surface area contributed by atoms with Gasteiger partial charge in [-0.15, -0.1) is 0 Å². The molecule has 2 N–H and O–H groups in total. The van der Waals surface area contributed by atoms with Crippen molar-refractivity contribution in [2.45, 2.75) is 18.2 Å². The first kappa shape index (κ1) is 18.7. The van der Waals surface area contributed by atoms with Crippen molar-refractivity contribution >= 4 is 39.2 Å². The average molecular weight is 388 g/mol. The van der Waals surface area contributed by atoms with Crippen LogP contribution in [0.5, 0.6) is 0 Å². The van der Waals surface area contributed by atoms with Gasteiger partial charge in [0.15, 0.2) is 0 Å². The highest BCUT2D eigenvalue weighted by Crippen LogP contribution is 2.25. The van der Waals surface area contributed by atoms with Crippen LogP contribution in [-0.4, -0.2) is 26.0 Å². The molecular weight excluding hydrogens is 373 g/mol. The quantitative estimate of drug-likeness (QED) is 0.793. The van der Waals surface area contributed by atoms with Gasteiger partial charge in [0.2, 0.25) is 10.0 Å². The van der Waals surface area contributed by atoms with Gasteiger partial charge >= 0.3 is 5.97 Å². The molecule has 2 rings (SSSR count). The van der Waals surface area contributed by atoms with Gasteiger partial charge in [0.1, 0.15) is 0 Å². The summed E-state index contributed by atoms with van der Waals surface area (Å²) in [5.41, 5.74) is 1.07. The van der Waals surface area contributed by atoms with Crippen molar-refractivity contribution < 1.29 is 18.3 Å². The first-order valence-electron chi connectivity index (χ1n) is 6.98. The van der Waals surface area contributed by atoms with Gasteiger partial charge in [-0.3, -0.25) is 0 Å². The number of rotatable bonds is 6. The van der Waals surface area contributed by atoms with Crippen LogP contribution in [0.2, 0.25) is 10.0 Å². The van der Waals surface area contributed by atoms with Gasteiger partial charge in [0, 0.05) is 11.6 Å². The van der Waals surface area contributed by atoms with Crippen molar-refractivity contribution in [3.8, 4) is 0 Å². The van der Waals surface area contributed by atoms with Crippen molar-refractivity contribution in [3.05, 3.63) is 63.1 Å². The third-order valence-electron chi connectivity index (χ3n) is 3.39. The zero-order valence-electron chi connectivity index (χ0n) is 12.7. The van der Waals surface area contributed by atoms with Crippen molar-refractivity contribution in [3.63, 3.8) is 0 Å². The molecule has 0 aliphatic heterocycles. The van der Waals surface area contributed by atoms with Gasteiger partial charge in [0.05, 0.1) is 15.5 Å². The highest BCUT2D eigenvalue weighted by Gasteiger charge is 2.20. The van der Waals surface area contributed by atoms with E-state index < -0.39 is 16.0 Å². The fourth-order valence-electron chi connectivity index (χ4n) is 2.11. The van der Waals surface area contributed by atoms with Crippen LogP contribution < -0.4 is 4.72 Å². The fourth-order valence-corrected chi connectivity index (χ4v) is 3.57. The van der Waals surface area contributed by atoms with Crippen molar-refractivity contribution in [2.24, 2.45) is 0 Å². The summed E-state index contributed by atoms with van der Waals surface area (Å²) in [4.78, 5) is 11.0. The number of aromatic carboxylic acids is 1. The van der Waals surface area contributed by atoms with E-state index in [-0.39, 0.29) is 22.0 Å². The molecule has 128 valence electrons. The van der Waals surface area contributed by atoms with Crippen molar-refractivity contribution in [2.75, 3.05) is 6.54 Å². The highest BCUT2D eigenvalue weighted by molar-refractivity contribution is 7.89. The molecule has 0 spiro atoms. The summed E-state index contributed by atoms with van der Waals surface area (Å²) in [5, 5.41) is 9.76. The van der Waals surface area contributed by atoms with Gasteiger partial charge in [-0.2, -0.15) is 0 Å². The summed E-state index contributed by atoms with van der Waals surface area (Å²) in [5.74, 6) is -1.28. The number of halogens is 2. The molecule has 0 radical (unpaired) electrons. The van der Waals surface area contributed by atoms with Crippen LogP contribution >= 0.6 is 23.2 Å². The van der Waals surface area contributed by atoms with E-state index in [1.807, 2.05) is 12.1 Å². The normalized spacial score (nSPS) is 11.5. The molecular formula is C16H15Cl2NO4S. The van der Waals surface area contributed by atoms with E-state index in [1.165, 1.54) is 6.07 Å². The lowest BCUT2D eigenvalue weighted by Crippen LogP contribution is -2.26. The molecule has 0 heterocycles.